The van der Waals surface area contributed by atoms with Gasteiger partial charge in [-0.25, -0.2) is 4.79 Å². The van der Waals surface area contributed by atoms with Crippen LogP contribution in [0.25, 0.3) is 0 Å². The number of hydrogen-bond acceptors (Lipinski definition) is 3. The fraction of sp³-hybridized carbons (Fsp3) is 0.556. The summed E-state index contributed by atoms with van der Waals surface area (Å²) >= 11 is 6.08. The van der Waals surface area contributed by atoms with Gasteiger partial charge in [0, 0.05) is 29.7 Å². The van der Waals surface area contributed by atoms with Crippen molar-refractivity contribution in [1.29, 1.82) is 0 Å². The van der Waals surface area contributed by atoms with E-state index in [9.17, 15) is 9.59 Å². The van der Waals surface area contributed by atoms with Crippen molar-refractivity contribution < 1.29 is 14.3 Å². The first-order valence-corrected chi connectivity index (χ1v) is 8.59. The molecule has 5 nitrogen and oxygen atoms in total. The summed E-state index contributed by atoms with van der Waals surface area (Å²) in [5.41, 5.74) is 1.09. The lowest BCUT2D eigenvalue weighted by Crippen LogP contribution is -2.43. The van der Waals surface area contributed by atoms with Gasteiger partial charge in [-0.15, -0.1) is 0 Å². The molecule has 1 aliphatic heterocycles. The van der Waals surface area contributed by atoms with Crippen LogP contribution >= 0.6 is 11.6 Å². The third-order valence-corrected chi connectivity index (χ3v) is 4.45. The molecule has 1 fully saturated rings. The lowest BCUT2D eigenvalue weighted by Gasteiger charge is -2.33. The van der Waals surface area contributed by atoms with E-state index in [0.29, 0.717) is 31.0 Å². The molecule has 132 valence electrons. The zero-order valence-electron chi connectivity index (χ0n) is 14.7. The number of anilines is 1. The summed E-state index contributed by atoms with van der Waals surface area (Å²) in [6.45, 7) is 8.47. The molecule has 0 spiro atoms. The topological polar surface area (TPSA) is 58.6 Å². The highest BCUT2D eigenvalue weighted by Crippen LogP contribution is 2.25. The molecule has 24 heavy (non-hydrogen) atoms. The number of nitrogens with zero attached hydrogens (tertiary/aromatic N) is 1. The molecule has 6 heteroatoms. The van der Waals surface area contributed by atoms with Crippen LogP contribution in [0.5, 0.6) is 0 Å². The Labute approximate surface area is 148 Å². The Balaban J connectivity index is 1.89. The predicted molar refractivity (Wildman–Crippen MR) is 95.3 cm³/mol. The van der Waals surface area contributed by atoms with E-state index in [0.717, 1.165) is 11.3 Å². The molecule has 0 atom stereocenters. The number of hydrogen-bond donors (Lipinski definition) is 1. The zero-order chi connectivity index (χ0) is 17.9. The van der Waals surface area contributed by atoms with Crippen LogP contribution in [0.3, 0.4) is 0 Å². The molecule has 1 saturated heterocycles. The molecule has 1 N–H and O–H groups in total. The molecular formula is C18H25ClN2O3. The monoisotopic (exact) mass is 352 g/mol. The van der Waals surface area contributed by atoms with Crippen LogP contribution in [0.2, 0.25) is 5.02 Å². The summed E-state index contributed by atoms with van der Waals surface area (Å²) in [4.78, 5) is 26.2. The minimum Gasteiger partial charge on any atom is -0.444 e. The minimum atomic E-state index is -0.505. The van der Waals surface area contributed by atoms with Gasteiger partial charge in [0.1, 0.15) is 5.60 Å². The highest BCUT2D eigenvalue weighted by atomic mass is 35.5. The maximum Gasteiger partial charge on any atom is 0.410 e. The van der Waals surface area contributed by atoms with Crippen molar-refractivity contribution in [1.82, 2.24) is 4.90 Å². The summed E-state index contributed by atoms with van der Waals surface area (Å²) < 4.78 is 5.37. The number of likely N-dealkylation sites (tertiary alicyclic amines) is 1. The van der Waals surface area contributed by atoms with E-state index in [-0.39, 0.29) is 17.9 Å². The van der Waals surface area contributed by atoms with E-state index in [1.54, 1.807) is 11.0 Å². The minimum absolute atomic E-state index is 0.0239. The number of ether oxygens (including phenoxy) is 1. The van der Waals surface area contributed by atoms with Crippen molar-refractivity contribution in [2.45, 2.75) is 46.1 Å². The molecule has 0 unspecified atom stereocenters. The summed E-state index contributed by atoms with van der Waals surface area (Å²) in [5, 5.41) is 3.58. The number of halogens is 1. The molecule has 0 radical (unpaired) electrons. The Kier molecular flexibility index (Phi) is 5.75. The lowest BCUT2D eigenvalue weighted by atomic mass is 9.96. The molecule has 2 rings (SSSR count). The van der Waals surface area contributed by atoms with Gasteiger partial charge in [0.05, 0.1) is 0 Å². The molecule has 0 bridgehead atoms. The van der Waals surface area contributed by atoms with Crippen LogP contribution in [0.15, 0.2) is 18.2 Å². The van der Waals surface area contributed by atoms with Gasteiger partial charge in [0.25, 0.3) is 0 Å². The Bertz CT molecular complexity index is 617. The fourth-order valence-electron chi connectivity index (χ4n) is 2.63. The Morgan fingerprint density at radius 3 is 2.46 bits per heavy atom. The number of amides is 2. The normalized spacial score (nSPS) is 16.0. The van der Waals surface area contributed by atoms with E-state index in [2.05, 4.69) is 5.32 Å². The quantitative estimate of drug-likeness (QED) is 0.866. The second-order valence-corrected chi connectivity index (χ2v) is 7.55. The Morgan fingerprint density at radius 2 is 1.88 bits per heavy atom. The average molecular weight is 353 g/mol. The molecule has 1 heterocycles. The van der Waals surface area contributed by atoms with E-state index in [4.69, 9.17) is 16.3 Å². The fourth-order valence-corrected chi connectivity index (χ4v) is 2.80. The van der Waals surface area contributed by atoms with Crippen LogP contribution in [-0.2, 0) is 9.53 Å². The molecule has 2 amide bonds. The first-order valence-electron chi connectivity index (χ1n) is 8.21. The second-order valence-electron chi connectivity index (χ2n) is 7.14. The van der Waals surface area contributed by atoms with E-state index in [1.807, 2.05) is 39.8 Å². The van der Waals surface area contributed by atoms with Crippen LogP contribution in [0.1, 0.15) is 39.2 Å². The number of piperidine rings is 1. The number of carbonyl (C=O) groups excluding carboxylic acids is 2. The van der Waals surface area contributed by atoms with E-state index < -0.39 is 5.60 Å². The van der Waals surface area contributed by atoms with Gasteiger partial charge in [-0.3, -0.25) is 4.79 Å². The second kappa shape index (κ2) is 7.43. The van der Waals surface area contributed by atoms with Crippen molar-refractivity contribution >= 4 is 29.3 Å². The Morgan fingerprint density at radius 1 is 1.25 bits per heavy atom. The van der Waals surface area contributed by atoms with Crippen molar-refractivity contribution in [3.8, 4) is 0 Å². The SMILES string of the molecule is Cc1c(Cl)cccc1NC(=O)C1CCN(C(=O)OC(C)(C)C)CC1. The van der Waals surface area contributed by atoms with Gasteiger partial charge < -0.3 is 15.0 Å². The average Bonchev–Trinajstić information content (AvgIpc) is 2.50. The first kappa shape index (κ1) is 18.6. The molecule has 1 aromatic carbocycles. The number of nitrogens with one attached hydrogen (secondary N) is 1. The van der Waals surface area contributed by atoms with Crippen molar-refractivity contribution in [2.24, 2.45) is 5.92 Å². The molecule has 1 aromatic rings. The summed E-state index contributed by atoms with van der Waals surface area (Å²) in [6, 6.07) is 5.46. The van der Waals surface area contributed by atoms with Crippen molar-refractivity contribution in [3.05, 3.63) is 28.8 Å². The van der Waals surface area contributed by atoms with E-state index >= 15 is 0 Å². The Hall–Kier alpha value is -1.75. The highest BCUT2D eigenvalue weighted by Gasteiger charge is 2.30. The van der Waals surface area contributed by atoms with Crippen molar-refractivity contribution in [3.63, 3.8) is 0 Å². The third kappa shape index (κ3) is 4.87. The molecule has 0 saturated carbocycles. The molecule has 0 aromatic heterocycles. The maximum atomic E-state index is 12.4. The molecule has 1 aliphatic rings. The van der Waals surface area contributed by atoms with Crippen LogP contribution in [0.4, 0.5) is 10.5 Å². The van der Waals surface area contributed by atoms with Crippen LogP contribution < -0.4 is 5.32 Å². The van der Waals surface area contributed by atoms with Crippen molar-refractivity contribution in [2.75, 3.05) is 18.4 Å². The van der Waals surface area contributed by atoms with Gasteiger partial charge in [-0.05, 0) is 58.2 Å². The third-order valence-electron chi connectivity index (χ3n) is 4.04. The first-order chi connectivity index (χ1) is 11.2. The molecular weight excluding hydrogens is 328 g/mol. The van der Waals surface area contributed by atoms with Gasteiger partial charge in [-0.1, -0.05) is 17.7 Å². The smallest absolute Gasteiger partial charge is 0.410 e. The van der Waals surface area contributed by atoms with E-state index in [1.165, 1.54) is 0 Å². The maximum absolute atomic E-state index is 12.4. The number of carbonyl (C=O) groups is 2. The van der Waals surface area contributed by atoms with Gasteiger partial charge in [0.15, 0.2) is 0 Å². The number of benzene rings is 1. The summed E-state index contributed by atoms with van der Waals surface area (Å²) in [7, 11) is 0. The molecule has 0 aliphatic carbocycles. The standard InChI is InChI=1S/C18H25ClN2O3/c1-12-14(19)6-5-7-15(12)20-16(22)13-8-10-21(11-9-13)17(23)24-18(2,3)4/h5-7,13H,8-11H2,1-4H3,(H,20,22). The van der Waals surface area contributed by atoms with Gasteiger partial charge >= 0.3 is 6.09 Å². The van der Waals surface area contributed by atoms with Crippen LogP contribution in [0, 0.1) is 12.8 Å². The lowest BCUT2D eigenvalue weighted by molar-refractivity contribution is -0.121. The summed E-state index contributed by atoms with van der Waals surface area (Å²) in [6.07, 6.45) is 0.946. The predicted octanol–water partition coefficient (Wildman–Crippen LogP) is 4.23. The highest BCUT2D eigenvalue weighted by molar-refractivity contribution is 6.31. The summed E-state index contributed by atoms with van der Waals surface area (Å²) in [5.74, 6) is -0.133. The van der Waals surface area contributed by atoms with Gasteiger partial charge in [0.2, 0.25) is 5.91 Å². The largest absolute Gasteiger partial charge is 0.444 e. The zero-order valence-corrected chi connectivity index (χ0v) is 15.4. The van der Waals surface area contributed by atoms with Crippen LogP contribution in [-0.4, -0.2) is 35.6 Å². The van der Waals surface area contributed by atoms with Gasteiger partial charge in [-0.2, -0.15) is 0 Å². The number of rotatable bonds is 2.